The molecule has 4 rings (SSSR count). The van der Waals surface area contributed by atoms with Crippen LogP contribution in [0.15, 0.2) is 40.7 Å². The average molecular weight is 561 g/mol. The van der Waals surface area contributed by atoms with Crippen LogP contribution in [0.3, 0.4) is 0 Å². The van der Waals surface area contributed by atoms with Gasteiger partial charge in [-0.2, -0.15) is 5.11 Å². The number of benzene rings is 1. The first-order valence-electron chi connectivity index (χ1n) is 13.1. The van der Waals surface area contributed by atoms with Gasteiger partial charge in [-0.25, -0.2) is 4.79 Å². The Balaban J connectivity index is 1.83. The monoisotopic (exact) mass is 560 g/mol. The number of carbonyl (C=O) groups excluding carboxylic acids is 4. The highest BCUT2D eigenvalue weighted by Crippen LogP contribution is 2.44. The van der Waals surface area contributed by atoms with Gasteiger partial charge in [0, 0.05) is 32.8 Å². The molecule has 40 heavy (non-hydrogen) atoms. The maximum absolute atomic E-state index is 13.8. The van der Waals surface area contributed by atoms with Crippen molar-refractivity contribution in [2.45, 2.75) is 95.8 Å². The van der Waals surface area contributed by atoms with Crippen LogP contribution >= 0.6 is 0 Å². The zero-order valence-electron chi connectivity index (χ0n) is 23.5. The van der Waals surface area contributed by atoms with Gasteiger partial charge >= 0.3 is 17.9 Å². The van der Waals surface area contributed by atoms with Crippen LogP contribution in [0.2, 0.25) is 0 Å². The van der Waals surface area contributed by atoms with Crippen molar-refractivity contribution < 1.29 is 42.9 Å². The predicted molar refractivity (Wildman–Crippen MR) is 137 cm³/mol. The molecule has 0 radical (unpaired) electrons. The van der Waals surface area contributed by atoms with E-state index in [1.165, 1.54) is 25.8 Å². The molecule has 0 spiro atoms. The first-order chi connectivity index (χ1) is 18.8. The molecule has 0 aliphatic carbocycles. The van der Waals surface area contributed by atoms with Crippen molar-refractivity contribution in [2.24, 2.45) is 10.3 Å². The summed E-state index contributed by atoms with van der Waals surface area (Å²) in [7, 11) is 0. The van der Waals surface area contributed by atoms with Gasteiger partial charge in [-0.1, -0.05) is 35.6 Å². The van der Waals surface area contributed by atoms with Crippen molar-refractivity contribution in [1.82, 2.24) is 10.3 Å². The van der Waals surface area contributed by atoms with E-state index in [4.69, 9.17) is 23.7 Å². The summed E-state index contributed by atoms with van der Waals surface area (Å²) in [6.45, 7) is 8.92. The molecule has 13 nitrogen and oxygen atoms in total. The first-order valence-corrected chi connectivity index (χ1v) is 13.1. The SMILES string of the molecule is CC(=O)N[C@H]1[C@H]([C@@H]2O[C@H](c3ccccc3)OC[C@H]2OC(C)=O)N2N=NC[C@@]2(C(=O)OC(C)(C)C)C[C@H]1OC(C)=O. The van der Waals surface area contributed by atoms with E-state index in [1.54, 1.807) is 20.8 Å². The molecule has 1 aromatic carbocycles. The van der Waals surface area contributed by atoms with Crippen LogP contribution in [-0.4, -0.2) is 83.5 Å². The highest BCUT2D eigenvalue weighted by molar-refractivity contribution is 5.83. The van der Waals surface area contributed by atoms with Gasteiger partial charge in [0.05, 0.1) is 19.2 Å². The lowest BCUT2D eigenvalue weighted by atomic mass is 9.77. The molecule has 0 aromatic heterocycles. The number of nitrogens with one attached hydrogen (secondary N) is 1. The van der Waals surface area contributed by atoms with E-state index >= 15 is 0 Å². The lowest BCUT2D eigenvalue weighted by molar-refractivity contribution is -0.284. The van der Waals surface area contributed by atoms with Crippen LogP contribution < -0.4 is 5.32 Å². The smallest absolute Gasteiger partial charge is 0.336 e. The Hall–Kier alpha value is -3.58. The largest absolute Gasteiger partial charge is 0.460 e. The standard InChI is InChI=1S/C27H36N4O9/c1-15(32)29-21-19(37-16(2)33)12-27(25(35)40-26(4,5)6)14-28-30-31(27)22(21)23-20(38-17(3)34)13-36-24(39-23)18-10-8-7-9-11-18/h7-11,19-24H,12-14H2,1-6H3,(H,29,32)/t19-,20-,21-,22-,23-,24-,27-/m1/s1. The number of amides is 1. The summed E-state index contributed by atoms with van der Waals surface area (Å²) >= 11 is 0. The number of fused-ring (bicyclic) bond motifs is 1. The normalized spacial score (nSPS) is 31.6. The number of nitrogens with zero attached hydrogens (tertiary/aromatic N) is 3. The molecule has 13 heteroatoms. The third-order valence-corrected chi connectivity index (χ3v) is 6.77. The Bertz CT molecular complexity index is 1150. The van der Waals surface area contributed by atoms with E-state index < -0.39 is 71.6 Å². The van der Waals surface area contributed by atoms with E-state index in [0.29, 0.717) is 5.56 Å². The fourth-order valence-electron chi connectivity index (χ4n) is 5.36. The minimum Gasteiger partial charge on any atom is -0.460 e. The maximum Gasteiger partial charge on any atom is 0.336 e. The lowest BCUT2D eigenvalue weighted by Gasteiger charge is -2.53. The Morgan fingerprint density at radius 3 is 2.27 bits per heavy atom. The molecule has 7 atom stereocenters. The van der Waals surface area contributed by atoms with E-state index in [9.17, 15) is 19.2 Å². The van der Waals surface area contributed by atoms with Gasteiger partial charge in [-0.15, -0.1) is 0 Å². The molecule has 3 heterocycles. The Morgan fingerprint density at radius 1 is 1.02 bits per heavy atom. The zero-order chi connectivity index (χ0) is 29.2. The summed E-state index contributed by atoms with van der Waals surface area (Å²) in [5.74, 6) is -2.22. The summed E-state index contributed by atoms with van der Waals surface area (Å²) in [4.78, 5) is 50.6. The predicted octanol–water partition coefficient (Wildman–Crippen LogP) is 2.00. The molecular formula is C27H36N4O9. The second kappa shape index (κ2) is 11.5. The van der Waals surface area contributed by atoms with Gasteiger partial charge < -0.3 is 29.0 Å². The van der Waals surface area contributed by atoms with Crippen molar-refractivity contribution in [3.63, 3.8) is 0 Å². The number of carbonyl (C=O) groups is 4. The topological polar surface area (TPSA) is 154 Å². The zero-order valence-corrected chi connectivity index (χ0v) is 23.5. The quantitative estimate of drug-likeness (QED) is 0.404. The molecule has 3 aliphatic rings. The molecule has 218 valence electrons. The maximum atomic E-state index is 13.8. The number of esters is 3. The summed E-state index contributed by atoms with van der Waals surface area (Å²) in [5.41, 5.74) is -1.61. The van der Waals surface area contributed by atoms with Crippen LogP contribution in [0.1, 0.15) is 59.8 Å². The molecule has 1 N–H and O–H groups in total. The second-order valence-electron chi connectivity index (χ2n) is 11.2. The molecule has 0 saturated carbocycles. The summed E-state index contributed by atoms with van der Waals surface area (Å²) in [5, 5.41) is 12.8. The minimum atomic E-state index is -1.47. The molecule has 2 fully saturated rings. The molecule has 3 aliphatic heterocycles. The number of rotatable bonds is 6. The molecule has 0 unspecified atom stereocenters. The molecular weight excluding hydrogens is 524 g/mol. The van der Waals surface area contributed by atoms with Gasteiger partial charge in [0.25, 0.3) is 0 Å². The average Bonchev–Trinajstić information content (AvgIpc) is 3.28. The summed E-state index contributed by atoms with van der Waals surface area (Å²) in [6.07, 6.45) is -3.86. The van der Waals surface area contributed by atoms with Gasteiger partial charge in [-0.3, -0.25) is 19.4 Å². The highest BCUT2D eigenvalue weighted by atomic mass is 16.7. The number of piperidine rings is 1. The number of hydrogen-bond donors (Lipinski definition) is 1. The second-order valence-corrected chi connectivity index (χ2v) is 11.2. The highest BCUT2D eigenvalue weighted by Gasteiger charge is 2.64. The first kappa shape index (κ1) is 29.4. The van der Waals surface area contributed by atoms with Crippen molar-refractivity contribution >= 4 is 23.8 Å². The summed E-state index contributed by atoms with van der Waals surface area (Å²) in [6, 6.07) is 7.24. The fourth-order valence-corrected chi connectivity index (χ4v) is 5.36. The van der Waals surface area contributed by atoms with Gasteiger partial charge in [0.2, 0.25) is 5.91 Å². The molecule has 0 bridgehead atoms. The van der Waals surface area contributed by atoms with E-state index in [2.05, 4.69) is 15.7 Å². The number of hydrogen-bond acceptors (Lipinski definition) is 12. The van der Waals surface area contributed by atoms with Crippen LogP contribution in [0.25, 0.3) is 0 Å². The number of ether oxygens (including phenoxy) is 5. The fraction of sp³-hybridized carbons (Fsp3) is 0.630. The molecule has 1 aromatic rings. The Morgan fingerprint density at radius 2 is 1.68 bits per heavy atom. The van der Waals surface area contributed by atoms with Crippen molar-refractivity contribution in [2.75, 3.05) is 13.2 Å². The summed E-state index contributed by atoms with van der Waals surface area (Å²) < 4.78 is 29.5. The third kappa shape index (κ3) is 6.25. The minimum absolute atomic E-state index is 0.0459. The third-order valence-electron chi connectivity index (χ3n) is 6.77. The molecule has 2 saturated heterocycles. The van der Waals surface area contributed by atoms with E-state index in [0.717, 1.165) is 0 Å². The van der Waals surface area contributed by atoms with Crippen LogP contribution in [0.4, 0.5) is 0 Å². The van der Waals surface area contributed by atoms with E-state index in [1.807, 2.05) is 30.3 Å². The van der Waals surface area contributed by atoms with Crippen molar-refractivity contribution in [3.05, 3.63) is 35.9 Å². The van der Waals surface area contributed by atoms with Gasteiger partial charge in [0.15, 0.2) is 17.9 Å². The Kier molecular flexibility index (Phi) is 8.45. The van der Waals surface area contributed by atoms with Crippen LogP contribution in [0.5, 0.6) is 0 Å². The van der Waals surface area contributed by atoms with Crippen LogP contribution in [-0.2, 0) is 42.9 Å². The van der Waals surface area contributed by atoms with Gasteiger partial charge in [-0.05, 0) is 20.8 Å². The van der Waals surface area contributed by atoms with Crippen LogP contribution in [0, 0.1) is 0 Å². The molecule has 1 amide bonds. The van der Waals surface area contributed by atoms with E-state index in [-0.39, 0.29) is 19.6 Å². The lowest BCUT2D eigenvalue weighted by Crippen LogP contribution is -2.75. The van der Waals surface area contributed by atoms with Crippen molar-refractivity contribution in [1.29, 1.82) is 0 Å². The van der Waals surface area contributed by atoms with Crippen molar-refractivity contribution in [3.8, 4) is 0 Å². The Labute approximate surface area is 232 Å². The van der Waals surface area contributed by atoms with Gasteiger partial charge in [0.1, 0.15) is 23.9 Å².